The van der Waals surface area contributed by atoms with Gasteiger partial charge in [-0.1, -0.05) is 13.0 Å². The van der Waals surface area contributed by atoms with E-state index in [-0.39, 0.29) is 17.9 Å². The Bertz CT molecular complexity index is 840. The average molecular weight is 372 g/mol. The minimum Gasteiger partial charge on any atom is -0.337 e. The molecule has 2 heterocycles. The molecule has 2 amide bonds. The van der Waals surface area contributed by atoms with Crippen LogP contribution < -0.4 is 0 Å². The zero-order valence-corrected chi connectivity index (χ0v) is 16.0. The Labute approximate surface area is 158 Å². The lowest BCUT2D eigenvalue weighted by Gasteiger charge is -2.36. The molecule has 0 N–H and O–H groups in total. The highest BCUT2D eigenvalue weighted by atomic mass is 19.1. The molecule has 0 saturated carbocycles. The SMILES string of the molecule is CCC(C(=O)N1CCN(C(=O)c2cccc(F)c2)CC1)n1nc(C)cc1C. The summed E-state index contributed by atoms with van der Waals surface area (Å²) >= 11 is 0. The molecule has 3 rings (SSSR count). The lowest BCUT2D eigenvalue weighted by atomic mass is 10.1. The third kappa shape index (κ3) is 4.02. The first-order chi connectivity index (χ1) is 12.9. The van der Waals surface area contributed by atoms with E-state index in [4.69, 9.17) is 0 Å². The maximum absolute atomic E-state index is 13.4. The summed E-state index contributed by atoms with van der Waals surface area (Å²) in [5.74, 6) is -0.598. The summed E-state index contributed by atoms with van der Waals surface area (Å²) in [7, 11) is 0. The predicted molar refractivity (Wildman–Crippen MR) is 99.9 cm³/mol. The van der Waals surface area contributed by atoms with Crippen LogP contribution in [-0.2, 0) is 4.79 Å². The van der Waals surface area contributed by atoms with Crippen LogP contribution >= 0.6 is 0 Å². The van der Waals surface area contributed by atoms with Crippen LogP contribution in [0, 0.1) is 19.7 Å². The van der Waals surface area contributed by atoms with Gasteiger partial charge in [0.05, 0.1) is 5.69 Å². The number of aromatic nitrogens is 2. The van der Waals surface area contributed by atoms with Gasteiger partial charge in [-0.3, -0.25) is 14.3 Å². The molecular formula is C20H25FN4O2. The maximum Gasteiger partial charge on any atom is 0.254 e. The van der Waals surface area contributed by atoms with Gasteiger partial charge in [-0.15, -0.1) is 0 Å². The van der Waals surface area contributed by atoms with Crippen molar-refractivity contribution in [3.05, 3.63) is 53.1 Å². The lowest BCUT2D eigenvalue weighted by Crippen LogP contribution is -2.52. The Kier molecular flexibility index (Phi) is 5.58. The van der Waals surface area contributed by atoms with Crippen LogP contribution in [0.2, 0.25) is 0 Å². The summed E-state index contributed by atoms with van der Waals surface area (Å²) in [6, 6.07) is 7.34. The number of amides is 2. The molecule has 2 aromatic rings. The van der Waals surface area contributed by atoms with Gasteiger partial charge in [-0.25, -0.2) is 4.39 Å². The van der Waals surface area contributed by atoms with E-state index in [1.54, 1.807) is 20.5 Å². The number of carbonyl (C=O) groups excluding carboxylic acids is 2. The molecule has 1 saturated heterocycles. The molecule has 1 aliphatic heterocycles. The Morgan fingerprint density at radius 1 is 1.11 bits per heavy atom. The number of halogens is 1. The van der Waals surface area contributed by atoms with E-state index < -0.39 is 5.82 Å². The van der Waals surface area contributed by atoms with Crippen LogP contribution in [-0.4, -0.2) is 57.6 Å². The molecule has 6 nitrogen and oxygen atoms in total. The topological polar surface area (TPSA) is 58.4 Å². The molecule has 0 aliphatic carbocycles. The van der Waals surface area contributed by atoms with Crippen LogP contribution in [0.4, 0.5) is 4.39 Å². The van der Waals surface area contributed by atoms with Gasteiger partial charge >= 0.3 is 0 Å². The van der Waals surface area contributed by atoms with Gasteiger partial charge in [0.15, 0.2) is 0 Å². The molecule has 1 aliphatic rings. The van der Waals surface area contributed by atoms with E-state index in [1.165, 1.54) is 18.2 Å². The Morgan fingerprint density at radius 3 is 2.33 bits per heavy atom. The van der Waals surface area contributed by atoms with Crippen LogP contribution in [0.1, 0.15) is 41.1 Å². The quantitative estimate of drug-likeness (QED) is 0.829. The van der Waals surface area contributed by atoms with E-state index >= 15 is 0 Å². The number of piperazine rings is 1. The first kappa shape index (κ1) is 19.1. The van der Waals surface area contributed by atoms with Gasteiger partial charge in [0.2, 0.25) is 5.91 Å². The third-order valence-electron chi connectivity index (χ3n) is 4.96. The molecule has 144 valence electrons. The van der Waals surface area contributed by atoms with Crippen LogP contribution in [0.25, 0.3) is 0 Å². The second-order valence-corrected chi connectivity index (χ2v) is 6.92. The molecule has 1 fully saturated rings. The number of benzene rings is 1. The maximum atomic E-state index is 13.4. The van der Waals surface area contributed by atoms with Crippen molar-refractivity contribution in [2.75, 3.05) is 26.2 Å². The largest absolute Gasteiger partial charge is 0.337 e. The smallest absolute Gasteiger partial charge is 0.254 e. The van der Waals surface area contributed by atoms with Crippen molar-refractivity contribution in [2.45, 2.75) is 33.2 Å². The zero-order chi connectivity index (χ0) is 19.6. The van der Waals surface area contributed by atoms with Gasteiger partial charge < -0.3 is 9.80 Å². The highest BCUT2D eigenvalue weighted by molar-refractivity contribution is 5.94. The normalized spacial score (nSPS) is 15.7. The molecule has 1 aromatic heterocycles. The fourth-order valence-electron chi connectivity index (χ4n) is 3.56. The summed E-state index contributed by atoms with van der Waals surface area (Å²) in [6.45, 7) is 7.65. The number of nitrogens with zero attached hydrogens (tertiary/aromatic N) is 4. The summed E-state index contributed by atoms with van der Waals surface area (Å²) in [5, 5.41) is 4.46. The molecule has 0 spiro atoms. The van der Waals surface area contributed by atoms with Crippen molar-refractivity contribution in [1.29, 1.82) is 0 Å². The molecule has 1 atom stereocenters. The summed E-state index contributed by atoms with van der Waals surface area (Å²) < 4.78 is 15.1. The highest BCUT2D eigenvalue weighted by Crippen LogP contribution is 2.19. The minimum absolute atomic E-state index is 0.0292. The number of aryl methyl sites for hydroxylation is 2. The molecule has 0 radical (unpaired) electrons. The molecule has 1 aromatic carbocycles. The molecule has 27 heavy (non-hydrogen) atoms. The van der Waals surface area contributed by atoms with Crippen molar-refractivity contribution >= 4 is 11.8 Å². The summed E-state index contributed by atoms with van der Waals surface area (Å²) in [4.78, 5) is 29.0. The van der Waals surface area contributed by atoms with E-state index in [1.807, 2.05) is 26.8 Å². The van der Waals surface area contributed by atoms with Crippen molar-refractivity contribution in [3.8, 4) is 0 Å². The second kappa shape index (κ2) is 7.90. The number of hydrogen-bond donors (Lipinski definition) is 0. The predicted octanol–water partition coefficient (Wildman–Crippen LogP) is 2.57. The van der Waals surface area contributed by atoms with E-state index in [0.717, 1.165) is 11.4 Å². The molecule has 1 unspecified atom stereocenters. The molecule has 7 heteroatoms. The van der Waals surface area contributed by atoms with Crippen molar-refractivity contribution in [3.63, 3.8) is 0 Å². The van der Waals surface area contributed by atoms with E-state index in [0.29, 0.717) is 38.2 Å². The molecular weight excluding hydrogens is 347 g/mol. The fraction of sp³-hybridized carbons (Fsp3) is 0.450. The van der Waals surface area contributed by atoms with Gasteiger partial charge in [0.1, 0.15) is 11.9 Å². The first-order valence-electron chi connectivity index (χ1n) is 9.27. The van der Waals surface area contributed by atoms with Gasteiger partial charge in [-0.2, -0.15) is 5.10 Å². The van der Waals surface area contributed by atoms with E-state index in [9.17, 15) is 14.0 Å². The van der Waals surface area contributed by atoms with Crippen LogP contribution in [0.15, 0.2) is 30.3 Å². The van der Waals surface area contributed by atoms with Crippen molar-refractivity contribution in [2.24, 2.45) is 0 Å². The fourth-order valence-corrected chi connectivity index (χ4v) is 3.56. The Balaban J connectivity index is 1.65. The second-order valence-electron chi connectivity index (χ2n) is 6.92. The van der Waals surface area contributed by atoms with Crippen LogP contribution in [0.3, 0.4) is 0 Å². The zero-order valence-electron chi connectivity index (χ0n) is 16.0. The van der Waals surface area contributed by atoms with E-state index in [2.05, 4.69) is 5.10 Å². The number of carbonyl (C=O) groups is 2. The Hall–Kier alpha value is -2.70. The average Bonchev–Trinajstić information content (AvgIpc) is 3.00. The Morgan fingerprint density at radius 2 is 1.78 bits per heavy atom. The van der Waals surface area contributed by atoms with Crippen molar-refractivity contribution in [1.82, 2.24) is 19.6 Å². The van der Waals surface area contributed by atoms with Gasteiger partial charge in [0, 0.05) is 37.4 Å². The van der Waals surface area contributed by atoms with Crippen molar-refractivity contribution < 1.29 is 14.0 Å². The minimum atomic E-state index is -0.426. The first-order valence-corrected chi connectivity index (χ1v) is 9.27. The monoisotopic (exact) mass is 372 g/mol. The molecule has 0 bridgehead atoms. The number of hydrogen-bond acceptors (Lipinski definition) is 3. The highest BCUT2D eigenvalue weighted by Gasteiger charge is 2.30. The third-order valence-corrected chi connectivity index (χ3v) is 4.96. The summed E-state index contributed by atoms with van der Waals surface area (Å²) in [5.41, 5.74) is 2.20. The standard InChI is InChI=1S/C20H25FN4O2/c1-4-18(25-15(3)12-14(2)22-25)20(27)24-10-8-23(9-11-24)19(26)16-6-5-7-17(21)13-16/h5-7,12-13,18H,4,8-11H2,1-3H3. The van der Waals surface area contributed by atoms with Crippen LogP contribution in [0.5, 0.6) is 0 Å². The summed E-state index contributed by atoms with van der Waals surface area (Å²) in [6.07, 6.45) is 0.656. The number of rotatable bonds is 4. The van der Waals surface area contributed by atoms with Gasteiger partial charge in [0.25, 0.3) is 5.91 Å². The lowest BCUT2D eigenvalue weighted by molar-refractivity contribution is -0.136. The van der Waals surface area contributed by atoms with Gasteiger partial charge in [-0.05, 0) is 44.5 Å².